The molecular formula is C21H30N2O4. The molecule has 1 aromatic carbocycles. The molecule has 2 aliphatic rings. The van der Waals surface area contributed by atoms with E-state index in [9.17, 15) is 9.59 Å². The Labute approximate surface area is 160 Å². The maximum absolute atomic E-state index is 12.6. The van der Waals surface area contributed by atoms with Gasteiger partial charge in [0, 0.05) is 19.1 Å². The van der Waals surface area contributed by atoms with Gasteiger partial charge in [-0.1, -0.05) is 12.1 Å². The first-order valence-electron chi connectivity index (χ1n) is 9.96. The Morgan fingerprint density at radius 1 is 1.15 bits per heavy atom. The van der Waals surface area contributed by atoms with Gasteiger partial charge in [-0.25, -0.2) is 4.79 Å². The van der Waals surface area contributed by atoms with Gasteiger partial charge in [-0.15, -0.1) is 0 Å². The van der Waals surface area contributed by atoms with Gasteiger partial charge in [0.1, 0.15) is 5.75 Å². The number of carbonyl (C=O) groups excluding carboxylic acids is 1. The number of nitrogens with one attached hydrogen (secondary N) is 1. The van der Waals surface area contributed by atoms with Crippen LogP contribution in [0.15, 0.2) is 24.3 Å². The summed E-state index contributed by atoms with van der Waals surface area (Å²) < 4.78 is 5.21. The van der Waals surface area contributed by atoms with E-state index in [1.54, 1.807) is 7.11 Å². The number of aliphatic carboxylic acids is 1. The standard InChI is InChI=1S/C21H30N2O4/c1-27-19-10-4-15(5-11-19)13-16-3-2-12-23(14-16)21(26)22-18-8-6-17(7-9-18)20(24)25/h4-5,10-11,16-18H,2-3,6-9,12-14H2,1H3,(H,22,26)(H,24,25). The van der Waals surface area contributed by atoms with Crippen LogP contribution < -0.4 is 10.1 Å². The summed E-state index contributed by atoms with van der Waals surface area (Å²) in [5.41, 5.74) is 1.27. The number of amides is 2. The molecule has 6 nitrogen and oxygen atoms in total. The number of benzene rings is 1. The zero-order valence-corrected chi connectivity index (χ0v) is 16.0. The van der Waals surface area contributed by atoms with Crippen LogP contribution in [-0.2, 0) is 11.2 Å². The van der Waals surface area contributed by atoms with Gasteiger partial charge >= 0.3 is 12.0 Å². The Morgan fingerprint density at radius 2 is 1.85 bits per heavy atom. The molecule has 0 bridgehead atoms. The van der Waals surface area contributed by atoms with Crippen LogP contribution in [0.1, 0.15) is 44.1 Å². The van der Waals surface area contributed by atoms with E-state index in [2.05, 4.69) is 17.4 Å². The average Bonchev–Trinajstić information content (AvgIpc) is 2.69. The van der Waals surface area contributed by atoms with Crippen LogP contribution in [0.2, 0.25) is 0 Å². The van der Waals surface area contributed by atoms with Crippen LogP contribution in [0, 0.1) is 11.8 Å². The number of likely N-dealkylation sites (tertiary alicyclic amines) is 1. The molecule has 27 heavy (non-hydrogen) atoms. The quantitative estimate of drug-likeness (QED) is 0.829. The topological polar surface area (TPSA) is 78.9 Å². The molecule has 148 valence electrons. The number of carboxylic acids is 1. The molecule has 1 saturated carbocycles. The van der Waals surface area contributed by atoms with E-state index < -0.39 is 5.97 Å². The molecule has 2 N–H and O–H groups in total. The lowest BCUT2D eigenvalue weighted by Gasteiger charge is -2.35. The molecule has 6 heteroatoms. The van der Waals surface area contributed by atoms with Crippen molar-refractivity contribution in [2.45, 2.75) is 51.0 Å². The Morgan fingerprint density at radius 3 is 2.48 bits per heavy atom. The first-order valence-corrected chi connectivity index (χ1v) is 9.96. The molecule has 3 rings (SSSR count). The number of hydrogen-bond donors (Lipinski definition) is 2. The summed E-state index contributed by atoms with van der Waals surface area (Å²) in [6, 6.07) is 8.27. The molecule has 0 aromatic heterocycles. The van der Waals surface area contributed by atoms with Crippen molar-refractivity contribution in [1.29, 1.82) is 0 Å². The normalized spacial score (nSPS) is 25.7. The highest BCUT2D eigenvalue weighted by Gasteiger charge is 2.29. The molecule has 1 unspecified atom stereocenters. The van der Waals surface area contributed by atoms with Crippen LogP contribution in [0.25, 0.3) is 0 Å². The number of carbonyl (C=O) groups is 2. The monoisotopic (exact) mass is 374 g/mol. The molecular weight excluding hydrogens is 344 g/mol. The van der Waals surface area contributed by atoms with Crippen molar-refractivity contribution in [2.24, 2.45) is 11.8 Å². The lowest BCUT2D eigenvalue weighted by molar-refractivity contribution is -0.142. The van der Waals surface area contributed by atoms with E-state index in [-0.39, 0.29) is 18.0 Å². The fraction of sp³-hybridized carbons (Fsp3) is 0.619. The largest absolute Gasteiger partial charge is 0.497 e. The Balaban J connectivity index is 1.47. The highest BCUT2D eigenvalue weighted by molar-refractivity contribution is 5.75. The number of piperidine rings is 1. The smallest absolute Gasteiger partial charge is 0.317 e. The number of hydrogen-bond acceptors (Lipinski definition) is 3. The van der Waals surface area contributed by atoms with Crippen molar-refractivity contribution in [2.75, 3.05) is 20.2 Å². The Kier molecular flexibility index (Phi) is 6.58. The van der Waals surface area contributed by atoms with Crippen molar-refractivity contribution in [1.82, 2.24) is 10.2 Å². The van der Waals surface area contributed by atoms with Gasteiger partial charge in [-0.3, -0.25) is 4.79 Å². The summed E-state index contributed by atoms with van der Waals surface area (Å²) in [5.74, 6) is 0.376. The van der Waals surface area contributed by atoms with E-state index in [0.717, 1.165) is 50.9 Å². The molecule has 2 fully saturated rings. The number of carboxylic acid groups (broad SMARTS) is 1. The first-order chi connectivity index (χ1) is 13.0. The summed E-state index contributed by atoms with van der Waals surface area (Å²) in [7, 11) is 1.67. The second-order valence-electron chi connectivity index (χ2n) is 7.84. The van der Waals surface area contributed by atoms with E-state index in [4.69, 9.17) is 9.84 Å². The summed E-state index contributed by atoms with van der Waals surface area (Å²) in [6.45, 7) is 1.58. The average molecular weight is 374 g/mol. The van der Waals surface area contributed by atoms with Crippen LogP contribution >= 0.6 is 0 Å². The van der Waals surface area contributed by atoms with E-state index in [1.165, 1.54) is 5.56 Å². The number of nitrogens with zero attached hydrogens (tertiary/aromatic N) is 1. The molecule has 1 aromatic rings. The van der Waals surface area contributed by atoms with Gasteiger partial charge in [0.05, 0.1) is 13.0 Å². The lowest BCUT2D eigenvalue weighted by Crippen LogP contribution is -2.49. The van der Waals surface area contributed by atoms with E-state index in [1.807, 2.05) is 17.0 Å². The van der Waals surface area contributed by atoms with Crippen LogP contribution in [0.4, 0.5) is 4.79 Å². The molecule has 1 aliphatic carbocycles. The first kappa shape index (κ1) is 19.5. The van der Waals surface area contributed by atoms with Gasteiger partial charge < -0.3 is 20.1 Å². The zero-order valence-electron chi connectivity index (χ0n) is 16.0. The minimum absolute atomic E-state index is 0.00760. The van der Waals surface area contributed by atoms with E-state index in [0.29, 0.717) is 18.8 Å². The second-order valence-corrected chi connectivity index (χ2v) is 7.84. The van der Waals surface area contributed by atoms with Crippen LogP contribution in [0.3, 0.4) is 0 Å². The SMILES string of the molecule is COc1ccc(CC2CCCN(C(=O)NC3CCC(C(=O)O)CC3)C2)cc1. The zero-order chi connectivity index (χ0) is 19.2. The maximum atomic E-state index is 12.6. The summed E-state index contributed by atoms with van der Waals surface area (Å²) in [6.07, 6.45) is 5.95. The van der Waals surface area contributed by atoms with Gasteiger partial charge in [0.15, 0.2) is 0 Å². The van der Waals surface area contributed by atoms with Crippen molar-refractivity contribution >= 4 is 12.0 Å². The third-order valence-electron chi connectivity index (χ3n) is 5.89. The van der Waals surface area contributed by atoms with Crippen molar-refractivity contribution in [3.05, 3.63) is 29.8 Å². The minimum atomic E-state index is -0.711. The van der Waals surface area contributed by atoms with Gasteiger partial charge in [-0.05, 0) is 68.6 Å². The summed E-state index contributed by atoms with van der Waals surface area (Å²) in [4.78, 5) is 25.6. The molecule has 2 amide bonds. The fourth-order valence-electron chi connectivity index (χ4n) is 4.26. The van der Waals surface area contributed by atoms with E-state index >= 15 is 0 Å². The minimum Gasteiger partial charge on any atom is -0.497 e. The van der Waals surface area contributed by atoms with Gasteiger partial charge in [0.2, 0.25) is 0 Å². The molecule has 1 atom stereocenters. The number of ether oxygens (including phenoxy) is 1. The highest BCUT2D eigenvalue weighted by Crippen LogP contribution is 2.26. The molecule has 1 heterocycles. The number of urea groups is 1. The second kappa shape index (κ2) is 9.11. The Hall–Kier alpha value is -2.24. The predicted molar refractivity (Wildman–Crippen MR) is 103 cm³/mol. The lowest BCUT2D eigenvalue weighted by atomic mass is 9.86. The molecule has 0 radical (unpaired) electrons. The number of rotatable bonds is 5. The molecule has 1 aliphatic heterocycles. The third-order valence-corrected chi connectivity index (χ3v) is 5.89. The predicted octanol–water partition coefficient (Wildman–Crippen LogP) is 3.30. The van der Waals surface area contributed by atoms with Crippen molar-refractivity contribution in [3.8, 4) is 5.75 Å². The van der Waals surface area contributed by atoms with Crippen LogP contribution in [0.5, 0.6) is 5.75 Å². The Bertz CT molecular complexity index is 638. The maximum Gasteiger partial charge on any atom is 0.317 e. The van der Waals surface area contributed by atoms with Crippen LogP contribution in [-0.4, -0.2) is 48.2 Å². The van der Waals surface area contributed by atoms with Crippen molar-refractivity contribution in [3.63, 3.8) is 0 Å². The number of methoxy groups -OCH3 is 1. The molecule has 1 saturated heterocycles. The van der Waals surface area contributed by atoms with Crippen molar-refractivity contribution < 1.29 is 19.4 Å². The molecule has 0 spiro atoms. The van der Waals surface area contributed by atoms with Gasteiger partial charge in [-0.2, -0.15) is 0 Å². The fourth-order valence-corrected chi connectivity index (χ4v) is 4.26. The summed E-state index contributed by atoms with van der Waals surface area (Å²) >= 11 is 0. The summed E-state index contributed by atoms with van der Waals surface area (Å²) in [5, 5.41) is 12.2. The van der Waals surface area contributed by atoms with Gasteiger partial charge in [0.25, 0.3) is 0 Å². The third kappa shape index (κ3) is 5.37. The highest BCUT2D eigenvalue weighted by atomic mass is 16.5.